The van der Waals surface area contributed by atoms with Crippen LogP contribution in [0.4, 0.5) is 4.79 Å². The number of ether oxygens (including phenoxy) is 3. The van der Waals surface area contributed by atoms with E-state index in [0.717, 1.165) is 0 Å². The molecule has 1 aliphatic heterocycles. The molecule has 1 unspecified atom stereocenters. The van der Waals surface area contributed by atoms with E-state index < -0.39 is 11.6 Å². The Kier molecular flexibility index (Phi) is 4.15. The molecule has 1 rings (SSSR count). The summed E-state index contributed by atoms with van der Waals surface area (Å²) in [6, 6.07) is 0. The second-order valence-electron chi connectivity index (χ2n) is 4.46. The van der Waals surface area contributed by atoms with Crippen LogP contribution in [0.2, 0.25) is 0 Å². The van der Waals surface area contributed by atoms with Crippen LogP contribution in [0.3, 0.4) is 0 Å². The Hall–Kier alpha value is -1.26. The van der Waals surface area contributed by atoms with Crippen molar-refractivity contribution in [1.82, 2.24) is 0 Å². The van der Waals surface area contributed by atoms with Gasteiger partial charge in [-0.3, -0.25) is 4.79 Å². The lowest BCUT2D eigenvalue weighted by molar-refractivity contribution is -0.159. The molecule has 0 N–H and O–H groups in total. The van der Waals surface area contributed by atoms with Crippen LogP contribution in [0, 0.1) is 5.41 Å². The van der Waals surface area contributed by atoms with Crippen LogP contribution >= 0.6 is 0 Å². The summed E-state index contributed by atoms with van der Waals surface area (Å²) in [6.45, 7) is 6.00. The SMILES string of the molecule is CCC(C)(C)C(=O)OCC1CCOC(=O)O1. The fourth-order valence-corrected chi connectivity index (χ4v) is 1.13. The lowest BCUT2D eigenvalue weighted by Gasteiger charge is -2.25. The summed E-state index contributed by atoms with van der Waals surface area (Å²) in [5.41, 5.74) is -0.491. The minimum atomic E-state index is -0.693. The van der Waals surface area contributed by atoms with Crippen molar-refractivity contribution in [2.24, 2.45) is 5.41 Å². The van der Waals surface area contributed by atoms with E-state index in [-0.39, 0.29) is 18.7 Å². The van der Waals surface area contributed by atoms with Gasteiger partial charge < -0.3 is 14.2 Å². The van der Waals surface area contributed by atoms with E-state index in [1.165, 1.54) is 0 Å². The smallest absolute Gasteiger partial charge is 0.461 e. The first-order valence-corrected chi connectivity index (χ1v) is 5.46. The van der Waals surface area contributed by atoms with Crippen molar-refractivity contribution >= 4 is 12.1 Å². The molecule has 0 amide bonds. The third-order valence-electron chi connectivity index (χ3n) is 2.76. The summed E-state index contributed by atoms with van der Waals surface area (Å²) in [5.74, 6) is -0.266. The summed E-state index contributed by atoms with van der Waals surface area (Å²) >= 11 is 0. The highest BCUT2D eigenvalue weighted by atomic mass is 16.7. The molecular weight excluding hydrogens is 212 g/mol. The molecule has 1 heterocycles. The van der Waals surface area contributed by atoms with Crippen LogP contribution < -0.4 is 0 Å². The van der Waals surface area contributed by atoms with Crippen LogP contribution in [-0.2, 0) is 19.0 Å². The van der Waals surface area contributed by atoms with E-state index in [4.69, 9.17) is 9.47 Å². The van der Waals surface area contributed by atoms with Gasteiger partial charge in [0.1, 0.15) is 12.7 Å². The molecule has 0 aromatic rings. The van der Waals surface area contributed by atoms with Crippen molar-refractivity contribution in [3.8, 4) is 0 Å². The van der Waals surface area contributed by atoms with Gasteiger partial charge in [-0.15, -0.1) is 0 Å². The molecule has 0 radical (unpaired) electrons. The van der Waals surface area contributed by atoms with Crippen LogP contribution in [0.5, 0.6) is 0 Å². The highest BCUT2D eigenvalue weighted by Crippen LogP contribution is 2.22. The van der Waals surface area contributed by atoms with Gasteiger partial charge in [-0.2, -0.15) is 0 Å². The molecule has 0 aromatic carbocycles. The summed E-state index contributed by atoms with van der Waals surface area (Å²) < 4.78 is 14.6. The molecule has 0 bridgehead atoms. The van der Waals surface area contributed by atoms with Crippen molar-refractivity contribution < 1.29 is 23.8 Å². The Bertz CT molecular complexity index is 272. The Morgan fingerprint density at radius 3 is 2.81 bits per heavy atom. The average Bonchev–Trinajstić information content (AvgIpc) is 2.26. The zero-order valence-corrected chi connectivity index (χ0v) is 9.95. The van der Waals surface area contributed by atoms with Gasteiger partial charge in [0.2, 0.25) is 0 Å². The van der Waals surface area contributed by atoms with Gasteiger partial charge in [-0.1, -0.05) is 6.92 Å². The summed E-state index contributed by atoms with van der Waals surface area (Å²) in [4.78, 5) is 22.4. The van der Waals surface area contributed by atoms with Gasteiger partial charge in [0, 0.05) is 6.42 Å². The maximum atomic E-state index is 11.6. The number of carbonyl (C=O) groups is 2. The highest BCUT2D eigenvalue weighted by Gasteiger charge is 2.29. The monoisotopic (exact) mass is 230 g/mol. The first kappa shape index (κ1) is 12.8. The van der Waals surface area contributed by atoms with Crippen molar-refractivity contribution in [2.75, 3.05) is 13.2 Å². The second-order valence-corrected chi connectivity index (χ2v) is 4.46. The third kappa shape index (κ3) is 3.40. The van der Waals surface area contributed by atoms with Gasteiger partial charge in [0.15, 0.2) is 0 Å². The van der Waals surface area contributed by atoms with Crippen LogP contribution in [0.1, 0.15) is 33.6 Å². The molecule has 92 valence electrons. The minimum Gasteiger partial charge on any atom is -0.461 e. The summed E-state index contributed by atoms with van der Waals surface area (Å²) in [7, 11) is 0. The maximum absolute atomic E-state index is 11.6. The van der Waals surface area contributed by atoms with Crippen molar-refractivity contribution in [3.05, 3.63) is 0 Å². The van der Waals surface area contributed by atoms with Crippen molar-refractivity contribution in [1.29, 1.82) is 0 Å². The molecule has 1 atom stereocenters. The Morgan fingerprint density at radius 1 is 1.56 bits per heavy atom. The molecule has 16 heavy (non-hydrogen) atoms. The van der Waals surface area contributed by atoms with Gasteiger partial charge in [0.05, 0.1) is 12.0 Å². The quantitative estimate of drug-likeness (QED) is 0.690. The van der Waals surface area contributed by atoms with Crippen molar-refractivity contribution in [2.45, 2.75) is 39.7 Å². The van der Waals surface area contributed by atoms with Gasteiger partial charge >= 0.3 is 12.1 Å². The first-order valence-electron chi connectivity index (χ1n) is 5.46. The molecule has 0 saturated carbocycles. The Balaban J connectivity index is 2.34. The largest absolute Gasteiger partial charge is 0.508 e. The number of cyclic esters (lactones) is 2. The summed E-state index contributed by atoms with van der Waals surface area (Å²) in [6.07, 6.45) is 0.199. The molecule has 0 aromatic heterocycles. The molecule has 0 aliphatic carbocycles. The summed E-state index contributed by atoms with van der Waals surface area (Å²) in [5, 5.41) is 0. The van der Waals surface area contributed by atoms with E-state index in [1.54, 1.807) is 0 Å². The van der Waals surface area contributed by atoms with E-state index in [0.29, 0.717) is 19.4 Å². The number of esters is 1. The lowest BCUT2D eigenvalue weighted by atomic mass is 9.91. The predicted molar refractivity (Wildman–Crippen MR) is 55.9 cm³/mol. The van der Waals surface area contributed by atoms with E-state index in [1.807, 2.05) is 20.8 Å². The molecule has 1 aliphatic rings. The molecule has 0 spiro atoms. The number of carbonyl (C=O) groups excluding carboxylic acids is 2. The Labute approximate surface area is 95.0 Å². The Morgan fingerprint density at radius 2 is 2.25 bits per heavy atom. The zero-order valence-electron chi connectivity index (χ0n) is 9.95. The lowest BCUT2D eigenvalue weighted by Crippen LogP contribution is -2.34. The minimum absolute atomic E-state index is 0.108. The fraction of sp³-hybridized carbons (Fsp3) is 0.818. The number of hydrogen-bond acceptors (Lipinski definition) is 5. The third-order valence-corrected chi connectivity index (χ3v) is 2.76. The van der Waals surface area contributed by atoms with Gasteiger partial charge in [0.25, 0.3) is 0 Å². The van der Waals surface area contributed by atoms with Gasteiger partial charge in [-0.05, 0) is 20.3 Å². The average molecular weight is 230 g/mol. The van der Waals surface area contributed by atoms with Gasteiger partial charge in [-0.25, -0.2) is 4.79 Å². The van der Waals surface area contributed by atoms with Crippen molar-refractivity contribution in [3.63, 3.8) is 0 Å². The van der Waals surface area contributed by atoms with Crippen LogP contribution in [0.15, 0.2) is 0 Å². The number of rotatable bonds is 4. The highest BCUT2D eigenvalue weighted by molar-refractivity contribution is 5.75. The first-order chi connectivity index (χ1) is 7.45. The topological polar surface area (TPSA) is 61.8 Å². The normalized spacial score (nSPS) is 20.9. The molecular formula is C11H18O5. The molecule has 5 nitrogen and oxygen atoms in total. The molecule has 5 heteroatoms. The second kappa shape index (κ2) is 5.18. The fourth-order valence-electron chi connectivity index (χ4n) is 1.13. The zero-order chi connectivity index (χ0) is 12.2. The standard InChI is InChI=1S/C11H18O5/c1-4-11(2,3)9(12)15-7-8-5-6-14-10(13)16-8/h8H,4-7H2,1-3H3. The predicted octanol–water partition coefficient (Wildman–Crippen LogP) is 1.89. The molecule has 1 saturated heterocycles. The van der Waals surface area contributed by atoms with Crippen LogP contribution in [0.25, 0.3) is 0 Å². The van der Waals surface area contributed by atoms with E-state index in [2.05, 4.69) is 4.74 Å². The molecule has 1 fully saturated rings. The van der Waals surface area contributed by atoms with E-state index in [9.17, 15) is 9.59 Å². The van der Waals surface area contributed by atoms with E-state index >= 15 is 0 Å². The number of hydrogen-bond donors (Lipinski definition) is 0. The maximum Gasteiger partial charge on any atom is 0.508 e. The van der Waals surface area contributed by atoms with Crippen LogP contribution in [-0.4, -0.2) is 31.4 Å².